The molecule has 5 amide bonds. The SMILES string of the molecule is CC(C)[C@H]1NC(=O)C(C)(C)NC(=O)C[C@@H](C(=O)NCCc2ccccn2)NC(=O)c2ccccc2OCCNC1=O. The average molecular weight is 567 g/mol. The smallest absolute Gasteiger partial charge is 0.255 e. The summed E-state index contributed by atoms with van der Waals surface area (Å²) in [6, 6.07) is 9.81. The van der Waals surface area contributed by atoms with Gasteiger partial charge in [-0.25, -0.2) is 0 Å². The minimum atomic E-state index is -1.42. The zero-order chi connectivity index (χ0) is 30.0. The number of hydrogen-bond donors (Lipinski definition) is 5. The molecule has 0 fully saturated rings. The lowest BCUT2D eigenvalue weighted by atomic mass is 9.99. The van der Waals surface area contributed by atoms with Crippen LogP contribution in [0.1, 0.15) is 50.2 Å². The zero-order valence-electron chi connectivity index (χ0n) is 23.8. The fraction of sp³-hybridized carbons (Fsp3) is 0.448. The monoisotopic (exact) mass is 566 g/mol. The number of rotatable bonds is 5. The van der Waals surface area contributed by atoms with E-state index in [1.807, 2.05) is 12.1 Å². The molecule has 0 aliphatic carbocycles. The van der Waals surface area contributed by atoms with Crippen LogP contribution in [0.15, 0.2) is 48.7 Å². The van der Waals surface area contributed by atoms with Gasteiger partial charge in [0.2, 0.25) is 23.6 Å². The molecule has 12 nitrogen and oxygen atoms in total. The van der Waals surface area contributed by atoms with E-state index in [-0.39, 0.29) is 36.9 Å². The molecule has 3 rings (SSSR count). The highest BCUT2D eigenvalue weighted by atomic mass is 16.5. The van der Waals surface area contributed by atoms with E-state index in [1.54, 1.807) is 44.3 Å². The van der Waals surface area contributed by atoms with E-state index in [2.05, 4.69) is 31.6 Å². The quantitative estimate of drug-likeness (QED) is 0.351. The Kier molecular flexibility index (Phi) is 10.8. The Bertz CT molecular complexity index is 1250. The lowest BCUT2D eigenvalue weighted by Gasteiger charge is -2.30. The number of amides is 5. The minimum absolute atomic E-state index is 0.0533. The molecule has 0 bridgehead atoms. The van der Waals surface area contributed by atoms with Crippen molar-refractivity contribution in [3.63, 3.8) is 0 Å². The molecule has 0 radical (unpaired) electrons. The fourth-order valence-corrected chi connectivity index (χ4v) is 4.15. The van der Waals surface area contributed by atoms with Gasteiger partial charge in [-0.15, -0.1) is 0 Å². The number of aromatic nitrogens is 1. The van der Waals surface area contributed by atoms with Crippen molar-refractivity contribution in [2.45, 2.75) is 58.2 Å². The van der Waals surface area contributed by atoms with Gasteiger partial charge in [-0.05, 0) is 44.0 Å². The predicted molar refractivity (Wildman–Crippen MR) is 151 cm³/mol. The van der Waals surface area contributed by atoms with Crippen molar-refractivity contribution < 1.29 is 28.7 Å². The van der Waals surface area contributed by atoms with E-state index < -0.39 is 53.6 Å². The first-order valence-electron chi connectivity index (χ1n) is 13.6. The van der Waals surface area contributed by atoms with Crippen molar-refractivity contribution in [2.24, 2.45) is 5.92 Å². The number of hydrogen-bond acceptors (Lipinski definition) is 7. The van der Waals surface area contributed by atoms with Gasteiger partial charge in [-0.2, -0.15) is 0 Å². The molecule has 1 aromatic heterocycles. The molecular weight excluding hydrogens is 528 g/mol. The fourth-order valence-electron chi connectivity index (χ4n) is 4.15. The van der Waals surface area contributed by atoms with Crippen LogP contribution >= 0.6 is 0 Å². The highest BCUT2D eigenvalue weighted by Crippen LogP contribution is 2.18. The summed E-state index contributed by atoms with van der Waals surface area (Å²) < 4.78 is 5.76. The topological polar surface area (TPSA) is 168 Å². The number of pyridine rings is 1. The normalized spacial score (nSPS) is 20.3. The Morgan fingerprint density at radius 1 is 1.07 bits per heavy atom. The number of carbonyl (C=O) groups excluding carboxylic acids is 5. The number of nitrogens with zero attached hydrogens (tertiary/aromatic N) is 1. The maximum atomic E-state index is 13.3. The Morgan fingerprint density at radius 2 is 1.80 bits per heavy atom. The third-order valence-electron chi connectivity index (χ3n) is 6.46. The Balaban J connectivity index is 1.85. The molecule has 1 aliphatic heterocycles. The number of carbonyl (C=O) groups is 5. The van der Waals surface area contributed by atoms with Gasteiger partial charge in [0.25, 0.3) is 5.91 Å². The van der Waals surface area contributed by atoms with Crippen molar-refractivity contribution in [3.05, 3.63) is 59.9 Å². The molecule has 41 heavy (non-hydrogen) atoms. The maximum absolute atomic E-state index is 13.3. The van der Waals surface area contributed by atoms with Gasteiger partial charge in [0.05, 0.1) is 18.5 Å². The molecule has 2 heterocycles. The second-order valence-corrected chi connectivity index (χ2v) is 10.6. The maximum Gasteiger partial charge on any atom is 0.255 e. The Morgan fingerprint density at radius 3 is 2.51 bits per heavy atom. The molecule has 12 heteroatoms. The summed E-state index contributed by atoms with van der Waals surface area (Å²) in [5.74, 6) is -2.81. The van der Waals surface area contributed by atoms with Gasteiger partial charge in [-0.1, -0.05) is 32.0 Å². The Labute approximate surface area is 239 Å². The standard InChI is InChI=1S/C29H38N6O6/c1-18(2)24-27(39)32-15-16-41-22-11-6-5-10-20(22)25(37)33-21(17-23(36)35-29(3,4)28(40)34-24)26(38)31-14-12-19-9-7-8-13-30-19/h5-11,13,18,21,24H,12,14-17H2,1-4H3,(H,31,38)(H,32,39)(H,33,37)(H,34,40)(H,35,36)/t21-,24+/m0/s1. The highest BCUT2D eigenvalue weighted by molar-refractivity contribution is 6.01. The van der Waals surface area contributed by atoms with Crippen LogP contribution in [0.25, 0.3) is 0 Å². The van der Waals surface area contributed by atoms with Crippen LogP contribution in [0.2, 0.25) is 0 Å². The summed E-state index contributed by atoms with van der Waals surface area (Å²) in [5.41, 5.74) is -0.486. The number of fused-ring (bicyclic) bond motifs is 1. The first-order valence-corrected chi connectivity index (χ1v) is 13.6. The number of benzene rings is 1. The van der Waals surface area contributed by atoms with E-state index in [0.717, 1.165) is 5.69 Å². The van der Waals surface area contributed by atoms with Gasteiger partial charge >= 0.3 is 0 Å². The number of nitrogens with one attached hydrogen (secondary N) is 5. The molecule has 0 saturated heterocycles. The lowest BCUT2D eigenvalue weighted by molar-refractivity contribution is -0.136. The number of para-hydroxylation sites is 1. The average Bonchev–Trinajstić information content (AvgIpc) is 2.93. The third-order valence-corrected chi connectivity index (χ3v) is 6.46. The number of ether oxygens (including phenoxy) is 1. The summed E-state index contributed by atoms with van der Waals surface area (Å²) in [6.45, 7) is 6.98. The van der Waals surface area contributed by atoms with Crippen LogP contribution in [0.4, 0.5) is 0 Å². The van der Waals surface area contributed by atoms with E-state index >= 15 is 0 Å². The molecule has 0 spiro atoms. The van der Waals surface area contributed by atoms with Crippen molar-refractivity contribution in [3.8, 4) is 5.75 Å². The third kappa shape index (κ3) is 9.02. The summed E-state index contributed by atoms with van der Waals surface area (Å²) in [6.07, 6.45) is 1.67. The van der Waals surface area contributed by atoms with Crippen LogP contribution in [0, 0.1) is 5.92 Å². The summed E-state index contributed by atoms with van der Waals surface area (Å²) >= 11 is 0. The largest absolute Gasteiger partial charge is 0.491 e. The van der Waals surface area contributed by atoms with Gasteiger partial charge in [0, 0.05) is 24.9 Å². The predicted octanol–water partition coefficient (Wildman–Crippen LogP) is 0.473. The van der Waals surface area contributed by atoms with Crippen LogP contribution in [-0.4, -0.2) is 71.8 Å². The van der Waals surface area contributed by atoms with Crippen molar-refractivity contribution in [1.29, 1.82) is 0 Å². The molecule has 1 aromatic carbocycles. The van der Waals surface area contributed by atoms with Gasteiger partial charge in [0.15, 0.2) is 0 Å². The van der Waals surface area contributed by atoms with Crippen LogP contribution in [-0.2, 0) is 25.6 Å². The van der Waals surface area contributed by atoms with Gasteiger partial charge in [0.1, 0.15) is 30.0 Å². The summed E-state index contributed by atoms with van der Waals surface area (Å²) in [7, 11) is 0. The van der Waals surface area contributed by atoms with Gasteiger partial charge < -0.3 is 31.3 Å². The van der Waals surface area contributed by atoms with Gasteiger partial charge in [-0.3, -0.25) is 29.0 Å². The molecule has 0 unspecified atom stereocenters. The summed E-state index contributed by atoms with van der Waals surface area (Å²) in [5, 5.41) is 13.5. The van der Waals surface area contributed by atoms with E-state index in [0.29, 0.717) is 6.42 Å². The first-order chi connectivity index (χ1) is 19.5. The second kappa shape index (κ2) is 14.2. The van der Waals surface area contributed by atoms with Crippen molar-refractivity contribution in [2.75, 3.05) is 19.7 Å². The van der Waals surface area contributed by atoms with E-state index in [4.69, 9.17) is 4.74 Å². The second-order valence-electron chi connectivity index (χ2n) is 10.6. The highest BCUT2D eigenvalue weighted by Gasteiger charge is 2.35. The molecule has 5 N–H and O–H groups in total. The molecule has 220 valence electrons. The van der Waals surface area contributed by atoms with Crippen molar-refractivity contribution >= 4 is 29.5 Å². The molecular formula is C29H38N6O6. The first kappa shape index (κ1) is 31.1. The van der Waals surface area contributed by atoms with E-state index in [9.17, 15) is 24.0 Å². The van der Waals surface area contributed by atoms with Crippen molar-refractivity contribution in [1.82, 2.24) is 31.6 Å². The van der Waals surface area contributed by atoms with Crippen LogP contribution < -0.4 is 31.3 Å². The van der Waals surface area contributed by atoms with E-state index in [1.165, 1.54) is 19.9 Å². The zero-order valence-corrected chi connectivity index (χ0v) is 23.8. The van der Waals surface area contributed by atoms with Crippen LogP contribution in [0.3, 0.4) is 0 Å². The van der Waals surface area contributed by atoms with Crippen LogP contribution in [0.5, 0.6) is 5.75 Å². The molecule has 1 aliphatic rings. The molecule has 2 aromatic rings. The molecule has 2 atom stereocenters. The summed E-state index contributed by atoms with van der Waals surface area (Å²) in [4.78, 5) is 69.7. The minimum Gasteiger partial charge on any atom is -0.491 e. The molecule has 0 saturated carbocycles. The lowest BCUT2D eigenvalue weighted by Crippen LogP contribution is -2.60. The Hall–Kier alpha value is -4.48.